The molecule has 3 saturated heterocycles. The van der Waals surface area contributed by atoms with Crippen molar-refractivity contribution in [1.82, 2.24) is 43.1 Å². The number of aliphatic imine (C=N–C) groups is 1. The summed E-state index contributed by atoms with van der Waals surface area (Å²) in [6, 6.07) is 33.8. The Morgan fingerprint density at radius 2 is 0.946 bits per heavy atom. The zero-order valence-electron chi connectivity index (χ0n) is 71.7. The lowest BCUT2D eigenvalue weighted by Gasteiger charge is -2.36. The van der Waals surface area contributed by atoms with E-state index in [2.05, 4.69) is 9.98 Å². The smallest absolute Gasteiger partial charge is 0.460 e. The maximum atomic E-state index is 13.9. The molecule has 10 aromatic rings. The largest absolute Gasteiger partial charge is 0.473 e. The van der Waals surface area contributed by atoms with Crippen LogP contribution in [0.5, 0.6) is 0 Å². The first-order valence-corrected chi connectivity index (χ1v) is 47.1. The highest BCUT2D eigenvalue weighted by molar-refractivity contribution is 7.48. The number of fused-ring (bicyclic) bond motifs is 16. The molecule has 3 unspecified atom stereocenters. The predicted molar refractivity (Wildman–Crippen MR) is 459 cm³/mol. The monoisotopic (exact) mass is 1830 g/mol. The minimum atomic E-state index is -4.96. The van der Waals surface area contributed by atoms with Crippen LogP contribution in [0.4, 0.5) is 5.82 Å². The molecule has 20 rings (SSSR count). The van der Waals surface area contributed by atoms with Crippen LogP contribution in [-0.4, -0.2) is 158 Å². The molecule has 676 valence electrons. The standard InChI is InChI=1S/C35H37N6O9P.C28H29N2O10P.C26H27N2O8P/c1-5-35(25-12-27-31-23(11-22-8-6-7-9-26(22)38-31)14-40(27)33(43)24(25)15-47-34(35)44)50-51(45,46)48-16-28-19(2)10-29(49-28)41-18-36-30-20(3)13-39(21(4)42)17-37-32(30)41;1-4-28(40-41(34,35)38-14-23-15(2)24(13-36-23)39-16(3)31)20-10-22-25-18(9-17-7-5-6-8-21(17)29-25)11-30(22)26(32)19(20)12-37-27(28)33;1-3-26(36-37(31,32)35-14-22-15(2)8-9-33-22)19-11-21-23-17(10-16-6-4-5-7-20(16)27-23)12-28(21)24(29)18(19)13-34-25(26)30/h6-9,11-12,17-20,28-29H,5,10,13-16H2,1-4H3,(H,45,46);5-10,15,23-24H,4,11-14H2,1-3H3,(H,34,35);4-7,10-11,15,22H,3,8-9,12-14H2,1-2H3,(H,31,32)/t19-,20+,28+,29+,35-;15-,23-,24+,28+;15-,22+,26-/m010/s1. The van der Waals surface area contributed by atoms with E-state index < -0.39 is 99.8 Å². The van der Waals surface area contributed by atoms with E-state index in [0.29, 0.717) is 66.1 Å². The van der Waals surface area contributed by atoms with Crippen LogP contribution in [0.25, 0.3) is 66.9 Å². The van der Waals surface area contributed by atoms with Crippen molar-refractivity contribution < 1.29 is 113 Å². The Labute approximate surface area is 736 Å². The van der Waals surface area contributed by atoms with Crippen molar-refractivity contribution in [2.75, 3.05) is 39.6 Å². The van der Waals surface area contributed by atoms with Crippen LogP contribution in [0.1, 0.15) is 162 Å². The summed E-state index contributed by atoms with van der Waals surface area (Å²) in [5.41, 5.74) is 2.56. The number of pyridine rings is 6. The zero-order chi connectivity index (χ0) is 90.9. The number of rotatable bonds is 20. The van der Waals surface area contributed by atoms with Crippen molar-refractivity contribution in [1.29, 1.82) is 0 Å². The molecule has 0 aliphatic carbocycles. The van der Waals surface area contributed by atoms with E-state index in [9.17, 15) is 66.7 Å². The molecule has 17 heterocycles. The first-order chi connectivity index (χ1) is 61.6. The van der Waals surface area contributed by atoms with Crippen LogP contribution in [-0.2, 0) is 154 Å². The highest BCUT2D eigenvalue weighted by Gasteiger charge is 2.57. The van der Waals surface area contributed by atoms with Crippen LogP contribution in [0, 0.1) is 17.8 Å². The van der Waals surface area contributed by atoms with Crippen LogP contribution < -0.4 is 16.7 Å². The SMILES string of the molecule is CC[C@@]1(OP(=O)(O)OC[C@H]2OCC[C@@H]2C)C(=O)OCc2c1cc1n(c2=O)Cc2cc3ccccc3nc2-1.CC[C@@]1(OP(=O)(O)OC[C@H]2OC[C@H](OC(C)=O)[C@@H]2C)C(=O)OCc2c1cc1n(c2=O)Cc2cc3ccccc3nc2-1.CC[C@@]1(OP(=O)(O)OC[C@H]2O[C@@H](n3cnc4c3N=CN(C(C)=O)C[C@H]4C)C[C@@H]2C)C(=O)OCc2c1cc1n(c2=O)Cc2cc3ccccc3nc2-1. The molecule has 10 aliphatic heterocycles. The van der Waals surface area contributed by atoms with Crippen molar-refractivity contribution in [3.05, 3.63) is 202 Å². The predicted octanol–water partition coefficient (Wildman–Crippen LogP) is 11.5. The number of imidazole rings is 1. The molecule has 0 radical (unpaired) electrons. The summed E-state index contributed by atoms with van der Waals surface area (Å²) < 4.78 is 118. The molecule has 3 aromatic carbocycles. The number of nitrogens with zero attached hydrogens (tertiary/aromatic N) is 10. The second-order valence-electron chi connectivity index (χ2n) is 33.9. The van der Waals surface area contributed by atoms with Gasteiger partial charge in [0.25, 0.3) is 16.7 Å². The van der Waals surface area contributed by atoms with Gasteiger partial charge in [0.05, 0.1) is 150 Å². The maximum Gasteiger partial charge on any atom is 0.473 e. The van der Waals surface area contributed by atoms with Gasteiger partial charge >= 0.3 is 47.3 Å². The van der Waals surface area contributed by atoms with Gasteiger partial charge in [-0.2, -0.15) is 0 Å². The number of ether oxygens (including phenoxy) is 7. The zero-order valence-corrected chi connectivity index (χ0v) is 74.4. The third kappa shape index (κ3) is 16.1. The maximum absolute atomic E-state index is 13.9. The Hall–Kier alpha value is -10.8. The molecule has 15 atom stereocenters. The number of benzene rings is 3. The average molecular weight is 1830 g/mol. The highest BCUT2D eigenvalue weighted by Crippen LogP contribution is 2.59. The number of phosphoric ester groups is 3. The van der Waals surface area contributed by atoms with E-state index in [0.717, 1.165) is 61.5 Å². The molecule has 37 nitrogen and oxygen atoms in total. The molecule has 0 spiro atoms. The number of para-hydroxylation sites is 3. The molecule has 10 aliphatic rings. The minimum absolute atomic E-state index is 0.0516. The lowest BCUT2D eigenvalue weighted by Crippen LogP contribution is -2.46. The molecule has 3 N–H and O–H groups in total. The summed E-state index contributed by atoms with van der Waals surface area (Å²) in [5.74, 6) is -2.98. The minimum Gasteiger partial charge on any atom is -0.460 e. The first kappa shape index (κ1) is 88.8. The third-order valence-corrected chi connectivity index (χ3v) is 29.0. The van der Waals surface area contributed by atoms with Gasteiger partial charge in [0.2, 0.25) is 22.7 Å². The second-order valence-corrected chi connectivity index (χ2v) is 38.1. The van der Waals surface area contributed by atoms with E-state index in [1.54, 1.807) is 70.5 Å². The van der Waals surface area contributed by atoms with E-state index in [1.165, 1.54) is 25.1 Å². The number of phosphoric acid groups is 3. The van der Waals surface area contributed by atoms with Gasteiger partial charge in [0.1, 0.15) is 32.2 Å². The summed E-state index contributed by atoms with van der Waals surface area (Å²) in [7, 11) is -14.6. The van der Waals surface area contributed by atoms with Crippen LogP contribution in [0.15, 0.2) is 135 Å². The summed E-state index contributed by atoms with van der Waals surface area (Å²) in [6.07, 6.45) is 1.58. The third-order valence-electron chi connectivity index (χ3n) is 26.0. The Balaban J connectivity index is 0.000000132. The fourth-order valence-corrected chi connectivity index (χ4v) is 22.0. The fourth-order valence-electron chi connectivity index (χ4n) is 18.7. The summed E-state index contributed by atoms with van der Waals surface area (Å²) in [5, 5.41) is 2.82. The number of hydrogen-bond donors (Lipinski definition) is 3. The summed E-state index contributed by atoms with van der Waals surface area (Å²) in [4.78, 5) is 162. The normalized spacial score (nSPS) is 26.1. The summed E-state index contributed by atoms with van der Waals surface area (Å²) >= 11 is 0. The van der Waals surface area contributed by atoms with Crippen LogP contribution >= 0.6 is 23.5 Å². The fraction of sp³-hybridized carbons (Fsp3) is 0.427. The topological polar surface area (TPSA) is 455 Å². The van der Waals surface area contributed by atoms with E-state index >= 15 is 0 Å². The van der Waals surface area contributed by atoms with Crippen molar-refractivity contribution in [2.24, 2.45) is 22.7 Å². The van der Waals surface area contributed by atoms with Gasteiger partial charge in [-0.15, -0.1) is 0 Å². The number of carbonyl (C=O) groups is 5. The number of cyclic esters (lactones) is 3. The average Bonchev–Trinajstić information content (AvgIpc) is 1.63. The summed E-state index contributed by atoms with van der Waals surface area (Å²) in [6.45, 7) is 15.6. The van der Waals surface area contributed by atoms with Crippen molar-refractivity contribution >= 4 is 98.1 Å². The second kappa shape index (κ2) is 34.2. The van der Waals surface area contributed by atoms with E-state index in [4.69, 9.17) is 75.3 Å². The number of amides is 1. The number of hydrogen-bond acceptors (Lipinski definition) is 29. The Kier molecular flexibility index (Phi) is 23.5. The molecular formula is C89H93N10O27P3. The highest BCUT2D eigenvalue weighted by atomic mass is 31.2. The molecule has 3 fully saturated rings. The molecule has 0 saturated carbocycles. The van der Waals surface area contributed by atoms with Crippen LogP contribution in [0.2, 0.25) is 0 Å². The molecule has 1 amide bonds. The quantitative estimate of drug-likeness (QED) is 0.0362. The Morgan fingerprint density at radius 3 is 1.34 bits per heavy atom. The molecule has 129 heavy (non-hydrogen) atoms. The van der Waals surface area contributed by atoms with Crippen molar-refractivity contribution in [3.63, 3.8) is 0 Å². The van der Waals surface area contributed by atoms with E-state index in [-0.39, 0.29) is 153 Å². The molecular weight excluding hydrogens is 1730 g/mol. The van der Waals surface area contributed by atoms with Crippen molar-refractivity contribution in [2.45, 2.75) is 187 Å². The number of aromatic nitrogens is 8. The van der Waals surface area contributed by atoms with Gasteiger partial charge in [-0.25, -0.2) is 53.0 Å². The van der Waals surface area contributed by atoms with Gasteiger partial charge in [-0.1, -0.05) is 103 Å². The van der Waals surface area contributed by atoms with Crippen molar-refractivity contribution in [3.8, 4) is 34.2 Å². The number of carbonyl (C=O) groups excluding carboxylic acids is 5. The molecule has 40 heteroatoms. The van der Waals surface area contributed by atoms with Gasteiger partial charge in [-0.05, 0) is 98.5 Å². The van der Waals surface area contributed by atoms with Gasteiger partial charge < -0.3 is 66.4 Å². The van der Waals surface area contributed by atoms with E-state index in [1.807, 2.05) is 112 Å². The molecule has 7 aromatic heterocycles. The van der Waals surface area contributed by atoms with Crippen LogP contribution in [0.3, 0.4) is 0 Å². The van der Waals surface area contributed by atoms with Gasteiger partial charge in [0, 0.05) is 88.4 Å². The Bertz CT molecular complexity index is 6710. The lowest BCUT2D eigenvalue weighted by molar-refractivity contribution is -0.171. The first-order valence-electron chi connectivity index (χ1n) is 42.6. The van der Waals surface area contributed by atoms with Gasteiger partial charge in [0.15, 0.2) is 5.82 Å². The molecule has 0 bridgehead atoms. The number of esters is 4. The van der Waals surface area contributed by atoms with Gasteiger partial charge in [-0.3, -0.25) is 55.7 Å². The lowest BCUT2D eigenvalue weighted by atomic mass is 9.86. The Morgan fingerprint density at radius 1 is 0.535 bits per heavy atom.